The zero-order chi connectivity index (χ0) is 17.6. The SMILES string of the molecule is COc1ccccc1OCC(=O)N1CCOC(c2ccccc2F)C1. The van der Waals surface area contributed by atoms with Gasteiger partial charge in [0.05, 0.1) is 20.3 Å². The monoisotopic (exact) mass is 345 g/mol. The van der Waals surface area contributed by atoms with Crippen molar-refractivity contribution in [2.24, 2.45) is 0 Å². The Morgan fingerprint density at radius 2 is 1.92 bits per heavy atom. The van der Waals surface area contributed by atoms with E-state index in [0.717, 1.165) is 0 Å². The van der Waals surface area contributed by atoms with Gasteiger partial charge in [-0.2, -0.15) is 0 Å². The van der Waals surface area contributed by atoms with Crippen LogP contribution in [0.5, 0.6) is 11.5 Å². The second-order valence-electron chi connectivity index (χ2n) is 5.66. The van der Waals surface area contributed by atoms with Crippen molar-refractivity contribution in [2.45, 2.75) is 6.10 Å². The molecule has 1 aliphatic heterocycles. The van der Waals surface area contributed by atoms with Gasteiger partial charge in [0, 0.05) is 12.1 Å². The summed E-state index contributed by atoms with van der Waals surface area (Å²) in [5, 5.41) is 0. The van der Waals surface area contributed by atoms with E-state index in [1.54, 1.807) is 42.3 Å². The Kier molecular flexibility index (Phi) is 5.50. The van der Waals surface area contributed by atoms with Crippen LogP contribution in [0, 0.1) is 5.82 Å². The fourth-order valence-corrected chi connectivity index (χ4v) is 2.77. The molecule has 1 atom stereocenters. The van der Waals surface area contributed by atoms with Crippen molar-refractivity contribution in [3.05, 3.63) is 59.9 Å². The molecule has 1 aliphatic rings. The third-order valence-electron chi connectivity index (χ3n) is 4.09. The Balaban J connectivity index is 1.61. The number of nitrogens with zero attached hydrogens (tertiary/aromatic N) is 1. The molecule has 0 saturated carbocycles. The van der Waals surface area contributed by atoms with Crippen LogP contribution in [0.4, 0.5) is 4.39 Å². The molecular formula is C19H20FNO4. The third kappa shape index (κ3) is 4.09. The lowest BCUT2D eigenvalue weighted by Crippen LogP contribution is -2.44. The summed E-state index contributed by atoms with van der Waals surface area (Å²) in [4.78, 5) is 14.1. The van der Waals surface area contributed by atoms with Gasteiger partial charge in [0.1, 0.15) is 11.9 Å². The highest BCUT2D eigenvalue weighted by molar-refractivity contribution is 5.78. The van der Waals surface area contributed by atoms with Gasteiger partial charge in [-0.05, 0) is 18.2 Å². The molecule has 1 amide bonds. The lowest BCUT2D eigenvalue weighted by molar-refractivity contribution is -0.141. The van der Waals surface area contributed by atoms with Crippen LogP contribution < -0.4 is 9.47 Å². The number of methoxy groups -OCH3 is 1. The van der Waals surface area contributed by atoms with Crippen LogP contribution in [0.1, 0.15) is 11.7 Å². The average molecular weight is 345 g/mol. The van der Waals surface area contributed by atoms with Crippen molar-refractivity contribution < 1.29 is 23.4 Å². The van der Waals surface area contributed by atoms with Crippen LogP contribution in [0.25, 0.3) is 0 Å². The van der Waals surface area contributed by atoms with E-state index in [2.05, 4.69) is 0 Å². The molecule has 132 valence electrons. The summed E-state index contributed by atoms with van der Waals surface area (Å²) < 4.78 is 30.3. The predicted molar refractivity (Wildman–Crippen MR) is 90.2 cm³/mol. The quantitative estimate of drug-likeness (QED) is 0.836. The molecule has 0 bridgehead atoms. The summed E-state index contributed by atoms with van der Waals surface area (Å²) >= 11 is 0. The maximum absolute atomic E-state index is 13.9. The van der Waals surface area contributed by atoms with Crippen LogP contribution in [-0.2, 0) is 9.53 Å². The smallest absolute Gasteiger partial charge is 0.260 e. The first-order valence-corrected chi connectivity index (χ1v) is 8.08. The zero-order valence-corrected chi connectivity index (χ0v) is 14.0. The van der Waals surface area contributed by atoms with E-state index in [0.29, 0.717) is 36.8 Å². The number of benzene rings is 2. The fraction of sp³-hybridized carbons (Fsp3) is 0.316. The molecule has 6 heteroatoms. The van der Waals surface area contributed by atoms with Crippen LogP contribution in [0.2, 0.25) is 0 Å². The normalized spacial score (nSPS) is 17.2. The summed E-state index contributed by atoms with van der Waals surface area (Å²) in [5.74, 6) is 0.585. The van der Waals surface area contributed by atoms with E-state index in [1.165, 1.54) is 6.07 Å². The average Bonchev–Trinajstić information content (AvgIpc) is 2.66. The van der Waals surface area contributed by atoms with E-state index < -0.39 is 6.10 Å². The molecule has 2 aromatic carbocycles. The molecule has 1 fully saturated rings. The van der Waals surface area contributed by atoms with Crippen LogP contribution in [0.3, 0.4) is 0 Å². The van der Waals surface area contributed by atoms with E-state index in [4.69, 9.17) is 14.2 Å². The Morgan fingerprint density at radius 1 is 1.20 bits per heavy atom. The fourth-order valence-electron chi connectivity index (χ4n) is 2.77. The third-order valence-corrected chi connectivity index (χ3v) is 4.09. The maximum Gasteiger partial charge on any atom is 0.260 e. The van der Waals surface area contributed by atoms with Crippen molar-refractivity contribution >= 4 is 5.91 Å². The van der Waals surface area contributed by atoms with E-state index in [9.17, 15) is 9.18 Å². The number of rotatable bonds is 5. The van der Waals surface area contributed by atoms with Gasteiger partial charge in [0.2, 0.25) is 0 Å². The summed E-state index contributed by atoms with van der Waals surface area (Å²) in [7, 11) is 1.55. The largest absolute Gasteiger partial charge is 0.493 e. The standard InChI is InChI=1S/C19H20FNO4/c1-23-16-8-4-5-9-17(16)25-13-19(22)21-10-11-24-18(12-21)14-6-2-3-7-15(14)20/h2-9,18H,10-13H2,1H3. The van der Waals surface area contributed by atoms with Gasteiger partial charge in [-0.1, -0.05) is 30.3 Å². The highest BCUT2D eigenvalue weighted by Crippen LogP contribution is 2.27. The molecule has 0 N–H and O–H groups in total. The van der Waals surface area contributed by atoms with Gasteiger partial charge < -0.3 is 19.1 Å². The van der Waals surface area contributed by atoms with Gasteiger partial charge in [0.15, 0.2) is 18.1 Å². The molecule has 0 aromatic heterocycles. The topological polar surface area (TPSA) is 48.0 Å². The Labute approximate surface area is 145 Å². The van der Waals surface area contributed by atoms with E-state index in [-0.39, 0.29) is 18.3 Å². The number of morpholine rings is 1. The van der Waals surface area contributed by atoms with Gasteiger partial charge >= 0.3 is 0 Å². The lowest BCUT2D eigenvalue weighted by Gasteiger charge is -2.33. The van der Waals surface area contributed by atoms with Gasteiger partial charge in [-0.3, -0.25) is 4.79 Å². The Bertz CT molecular complexity index is 737. The van der Waals surface area contributed by atoms with Crippen molar-refractivity contribution in [1.82, 2.24) is 4.90 Å². The van der Waals surface area contributed by atoms with Crippen molar-refractivity contribution in [2.75, 3.05) is 33.4 Å². The van der Waals surface area contributed by atoms with Gasteiger partial charge in [-0.15, -0.1) is 0 Å². The first-order chi connectivity index (χ1) is 12.2. The molecule has 25 heavy (non-hydrogen) atoms. The number of carbonyl (C=O) groups is 1. The summed E-state index contributed by atoms with van der Waals surface area (Å²) in [6, 6.07) is 13.6. The summed E-state index contributed by atoms with van der Waals surface area (Å²) in [6.07, 6.45) is -0.467. The van der Waals surface area contributed by atoms with Crippen LogP contribution in [0.15, 0.2) is 48.5 Å². The molecule has 0 radical (unpaired) electrons. The molecule has 1 unspecified atom stereocenters. The number of hydrogen-bond donors (Lipinski definition) is 0. The van der Waals surface area contributed by atoms with Gasteiger partial charge in [0.25, 0.3) is 5.91 Å². The second-order valence-corrected chi connectivity index (χ2v) is 5.66. The maximum atomic E-state index is 13.9. The van der Waals surface area contributed by atoms with Crippen LogP contribution >= 0.6 is 0 Å². The van der Waals surface area contributed by atoms with E-state index in [1.807, 2.05) is 12.1 Å². The van der Waals surface area contributed by atoms with Crippen molar-refractivity contribution in [3.63, 3.8) is 0 Å². The van der Waals surface area contributed by atoms with Gasteiger partial charge in [-0.25, -0.2) is 4.39 Å². The number of hydrogen-bond acceptors (Lipinski definition) is 4. The Morgan fingerprint density at radius 3 is 2.68 bits per heavy atom. The molecule has 1 heterocycles. The highest BCUT2D eigenvalue weighted by Gasteiger charge is 2.27. The molecule has 3 rings (SSSR count). The highest BCUT2D eigenvalue weighted by atomic mass is 19.1. The zero-order valence-electron chi connectivity index (χ0n) is 14.0. The second kappa shape index (κ2) is 7.98. The first-order valence-electron chi connectivity index (χ1n) is 8.08. The number of carbonyl (C=O) groups excluding carboxylic acids is 1. The molecular weight excluding hydrogens is 325 g/mol. The molecule has 0 aliphatic carbocycles. The summed E-state index contributed by atoms with van der Waals surface area (Å²) in [5.41, 5.74) is 0.464. The van der Waals surface area contributed by atoms with Crippen LogP contribution in [-0.4, -0.2) is 44.2 Å². The molecule has 1 saturated heterocycles. The Hall–Kier alpha value is -2.60. The number of amides is 1. The molecule has 5 nitrogen and oxygen atoms in total. The summed E-state index contributed by atoms with van der Waals surface area (Å²) in [6.45, 7) is 1.01. The molecule has 2 aromatic rings. The number of halogens is 1. The van der Waals surface area contributed by atoms with Crippen molar-refractivity contribution in [1.29, 1.82) is 0 Å². The minimum atomic E-state index is -0.467. The van der Waals surface area contributed by atoms with Crippen molar-refractivity contribution in [3.8, 4) is 11.5 Å². The lowest BCUT2D eigenvalue weighted by atomic mass is 10.1. The number of ether oxygens (including phenoxy) is 3. The van der Waals surface area contributed by atoms with E-state index >= 15 is 0 Å². The molecule has 0 spiro atoms. The minimum Gasteiger partial charge on any atom is -0.493 e. The first kappa shape index (κ1) is 17.2. The predicted octanol–water partition coefficient (Wildman–Crippen LogP) is 2.81. The minimum absolute atomic E-state index is 0.107. The number of para-hydroxylation sites is 2.